The first-order valence-electron chi connectivity index (χ1n) is 9.00. The lowest BCUT2D eigenvalue weighted by Gasteiger charge is -2.35. The summed E-state index contributed by atoms with van der Waals surface area (Å²) < 4.78 is 1.53. The molecule has 0 bridgehead atoms. The van der Waals surface area contributed by atoms with Crippen LogP contribution < -0.4 is 9.80 Å². The van der Waals surface area contributed by atoms with Crippen molar-refractivity contribution in [2.45, 2.75) is 0 Å². The molecule has 0 N–H and O–H groups in total. The molecule has 0 radical (unpaired) electrons. The molecule has 10 heteroatoms. The van der Waals surface area contributed by atoms with E-state index in [1.807, 2.05) is 54.2 Å². The maximum atomic E-state index is 12.9. The topological polar surface area (TPSA) is 96.2 Å². The van der Waals surface area contributed by atoms with Crippen LogP contribution in [0.4, 0.5) is 11.6 Å². The Hall–Kier alpha value is -3.56. The summed E-state index contributed by atoms with van der Waals surface area (Å²) in [5, 5.41) is 19.7. The van der Waals surface area contributed by atoms with Crippen molar-refractivity contribution >= 4 is 17.5 Å². The molecule has 0 aliphatic carbocycles. The fraction of sp³-hybridized carbons (Fsp3) is 0.333. The minimum atomic E-state index is 0.00335. The standard InChI is InChI=1S/C18H21N9O/c1-24(2)16-6-7-17(21-20-16)25-8-10-26(11-9-25)18(28)14-4-3-5-15(12-14)27-13-19-22-23-27/h3-7,12-13H,8-11H2,1-2H3. The highest BCUT2D eigenvalue weighted by molar-refractivity contribution is 5.95. The maximum Gasteiger partial charge on any atom is 0.254 e. The van der Waals surface area contributed by atoms with Crippen LogP contribution in [0.3, 0.4) is 0 Å². The van der Waals surface area contributed by atoms with Crippen molar-refractivity contribution in [2.75, 3.05) is 50.1 Å². The normalized spacial score (nSPS) is 14.2. The Morgan fingerprint density at radius 2 is 1.86 bits per heavy atom. The first-order chi connectivity index (χ1) is 13.6. The van der Waals surface area contributed by atoms with Crippen LogP contribution in [0.15, 0.2) is 42.7 Å². The SMILES string of the molecule is CN(C)c1ccc(N2CCN(C(=O)c3cccc(-n4cnnn4)c3)CC2)nn1. The number of rotatable bonds is 4. The number of tetrazole rings is 1. The van der Waals surface area contributed by atoms with E-state index in [2.05, 4.69) is 30.6 Å². The summed E-state index contributed by atoms with van der Waals surface area (Å²) in [5.41, 5.74) is 1.38. The number of aromatic nitrogens is 6. The molecule has 0 saturated carbocycles. The summed E-state index contributed by atoms with van der Waals surface area (Å²) in [5.74, 6) is 1.65. The van der Waals surface area contributed by atoms with Crippen molar-refractivity contribution in [2.24, 2.45) is 0 Å². The van der Waals surface area contributed by atoms with Gasteiger partial charge in [-0.15, -0.1) is 15.3 Å². The van der Waals surface area contributed by atoms with Crippen LogP contribution >= 0.6 is 0 Å². The second kappa shape index (κ2) is 7.59. The van der Waals surface area contributed by atoms with E-state index in [-0.39, 0.29) is 5.91 Å². The lowest BCUT2D eigenvalue weighted by atomic mass is 10.1. The van der Waals surface area contributed by atoms with Crippen LogP contribution in [0.2, 0.25) is 0 Å². The van der Waals surface area contributed by atoms with Gasteiger partial charge in [0.05, 0.1) is 5.69 Å². The second-order valence-electron chi connectivity index (χ2n) is 6.73. The van der Waals surface area contributed by atoms with Gasteiger partial charge in [-0.05, 0) is 40.8 Å². The van der Waals surface area contributed by atoms with Crippen LogP contribution in [0, 0.1) is 0 Å². The van der Waals surface area contributed by atoms with Crippen LogP contribution in [0.1, 0.15) is 10.4 Å². The highest BCUT2D eigenvalue weighted by atomic mass is 16.2. The lowest BCUT2D eigenvalue weighted by Crippen LogP contribution is -2.49. The van der Waals surface area contributed by atoms with E-state index in [1.54, 1.807) is 6.07 Å². The summed E-state index contributed by atoms with van der Waals surface area (Å²) in [7, 11) is 3.87. The van der Waals surface area contributed by atoms with Gasteiger partial charge in [-0.3, -0.25) is 4.79 Å². The molecule has 1 aromatic carbocycles. The molecule has 1 amide bonds. The lowest BCUT2D eigenvalue weighted by molar-refractivity contribution is 0.0746. The van der Waals surface area contributed by atoms with Crippen molar-refractivity contribution < 1.29 is 4.79 Å². The highest BCUT2D eigenvalue weighted by Gasteiger charge is 2.23. The predicted molar refractivity (Wildman–Crippen MR) is 104 cm³/mol. The molecule has 0 unspecified atom stereocenters. The molecule has 3 heterocycles. The van der Waals surface area contributed by atoms with E-state index in [1.165, 1.54) is 11.0 Å². The Labute approximate surface area is 162 Å². The molecule has 0 atom stereocenters. The van der Waals surface area contributed by atoms with Crippen molar-refractivity contribution in [3.05, 3.63) is 48.3 Å². The fourth-order valence-corrected chi connectivity index (χ4v) is 3.11. The summed E-state index contributed by atoms with van der Waals surface area (Å²) in [6.07, 6.45) is 1.50. The number of benzene rings is 1. The molecule has 1 aliphatic rings. The number of carbonyl (C=O) groups is 1. The number of nitrogens with zero attached hydrogens (tertiary/aromatic N) is 9. The molecule has 1 fully saturated rings. The van der Waals surface area contributed by atoms with E-state index in [9.17, 15) is 4.79 Å². The number of anilines is 2. The molecule has 144 valence electrons. The first kappa shape index (κ1) is 17.8. The number of carbonyl (C=O) groups excluding carboxylic acids is 1. The number of piperazine rings is 1. The molecule has 1 saturated heterocycles. The van der Waals surface area contributed by atoms with Gasteiger partial charge in [0.2, 0.25) is 0 Å². The third-order valence-electron chi connectivity index (χ3n) is 4.69. The molecular formula is C18H21N9O. The fourth-order valence-electron chi connectivity index (χ4n) is 3.11. The van der Waals surface area contributed by atoms with Gasteiger partial charge in [-0.1, -0.05) is 6.07 Å². The zero-order valence-corrected chi connectivity index (χ0v) is 15.8. The van der Waals surface area contributed by atoms with Crippen LogP contribution in [0.25, 0.3) is 5.69 Å². The molecule has 4 rings (SSSR count). The quantitative estimate of drug-likeness (QED) is 0.646. The average molecular weight is 379 g/mol. The van der Waals surface area contributed by atoms with E-state index < -0.39 is 0 Å². The van der Waals surface area contributed by atoms with Gasteiger partial charge in [0, 0.05) is 45.8 Å². The zero-order chi connectivity index (χ0) is 19.5. The average Bonchev–Trinajstić information content (AvgIpc) is 3.28. The Morgan fingerprint density at radius 3 is 2.50 bits per heavy atom. The van der Waals surface area contributed by atoms with Gasteiger partial charge >= 0.3 is 0 Å². The van der Waals surface area contributed by atoms with Crippen LogP contribution in [-0.2, 0) is 0 Å². The minimum Gasteiger partial charge on any atom is -0.361 e. The summed E-state index contributed by atoms with van der Waals surface area (Å²) in [4.78, 5) is 18.8. The molecule has 1 aliphatic heterocycles. The number of amides is 1. The van der Waals surface area contributed by atoms with E-state index in [0.717, 1.165) is 17.3 Å². The van der Waals surface area contributed by atoms with Crippen molar-refractivity contribution in [3.63, 3.8) is 0 Å². The van der Waals surface area contributed by atoms with Gasteiger partial charge in [-0.25, -0.2) is 4.68 Å². The van der Waals surface area contributed by atoms with E-state index in [0.29, 0.717) is 31.7 Å². The Bertz CT molecular complexity index is 932. The van der Waals surface area contributed by atoms with Crippen molar-refractivity contribution in [3.8, 4) is 5.69 Å². The maximum absolute atomic E-state index is 12.9. The molecular weight excluding hydrogens is 358 g/mol. The second-order valence-corrected chi connectivity index (χ2v) is 6.73. The smallest absolute Gasteiger partial charge is 0.254 e. The molecule has 2 aromatic heterocycles. The summed E-state index contributed by atoms with van der Waals surface area (Å²) in [6.45, 7) is 2.69. The van der Waals surface area contributed by atoms with Crippen LogP contribution in [0.5, 0.6) is 0 Å². The van der Waals surface area contributed by atoms with E-state index in [4.69, 9.17) is 0 Å². The number of hydrogen-bond donors (Lipinski definition) is 0. The minimum absolute atomic E-state index is 0.00335. The van der Waals surface area contributed by atoms with Crippen molar-refractivity contribution in [1.29, 1.82) is 0 Å². The highest BCUT2D eigenvalue weighted by Crippen LogP contribution is 2.17. The Kier molecular flexibility index (Phi) is 4.83. The Balaban J connectivity index is 1.41. The third-order valence-corrected chi connectivity index (χ3v) is 4.69. The molecule has 0 spiro atoms. The van der Waals surface area contributed by atoms with Crippen LogP contribution in [-0.4, -0.2) is 81.5 Å². The summed E-state index contributed by atoms with van der Waals surface area (Å²) >= 11 is 0. The molecule has 3 aromatic rings. The van der Waals surface area contributed by atoms with Gasteiger partial charge in [0.1, 0.15) is 6.33 Å². The third kappa shape index (κ3) is 3.61. The summed E-state index contributed by atoms with van der Waals surface area (Å²) in [6, 6.07) is 11.2. The van der Waals surface area contributed by atoms with Gasteiger partial charge in [0.25, 0.3) is 5.91 Å². The number of hydrogen-bond acceptors (Lipinski definition) is 8. The largest absolute Gasteiger partial charge is 0.361 e. The van der Waals surface area contributed by atoms with Crippen molar-refractivity contribution in [1.82, 2.24) is 35.3 Å². The van der Waals surface area contributed by atoms with Gasteiger partial charge in [-0.2, -0.15) is 0 Å². The van der Waals surface area contributed by atoms with Gasteiger partial charge in [0.15, 0.2) is 11.6 Å². The van der Waals surface area contributed by atoms with E-state index >= 15 is 0 Å². The predicted octanol–water partition coefficient (Wildman–Crippen LogP) is 0.481. The first-order valence-corrected chi connectivity index (χ1v) is 9.00. The monoisotopic (exact) mass is 379 g/mol. The Morgan fingerprint density at radius 1 is 1.04 bits per heavy atom. The zero-order valence-electron chi connectivity index (χ0n) is 15.8. The molecule has 28 heavy (non-hydrogen) atoms. The molecule has 10 nitrogen and oxygen atoms in total. The van der Waals surface area contributed by atoms with Gasteiger partial charge < -0.3 is 14.7 Å².